The third-order valence-electron chi connectivity index (χ3n) is 5.78. The molecule has 0 fully saturated rings. The van der Waals surface area contributed by atoms with Crippen LogP contribution < -0.4 is 9.98 Å². The van der Waals surface area contributed by atoms with Gasteiger partial charge in [0.2, 0.25) is 7.75 Å². The summed E-state index contributed by atoms with van der Waals surface area (Å²) in [7, 11) is 0.0227. The lowest BCUT2D eigenvalue weighted by atomic mass is 10.1. The minimum atomic E-state index is -4.47. The number of esters is 1. The van der Waals surface area contributed by atoms with Crippen molar-refractivity contribution in [2.24, 2.45) is 0 Å². The van der Waals surface area contributed by atoms with Crippen LogP contribution in [-0.4, -0.2) is 49.1 Å². The molecule has 1 unspecified atom stereocenters. The van der Waals surface area contributed by atoms with Gasteiger partial charge in [0.25, 0.3) is 0 Å². The molecule has 7 nitrogen and oxygen atoms in total. The van der Waals surface area contributed by atoms with Gasteiger partial charge in [-0.15, -0.1) is 0 Å². The summed E-state index contributed by atoms with van der Waals surface area (Å²) >= 11 is 0. The Morgan fingerprint density at radius 2 is 1.52 bits per heavy atom. The second-order valence-electron chi connectivity index (χ2n) is 9.61. The molecule has 0 saturated carbocycles. The van der Waals surface area contributed by atoms with Crippen LogP contribution >= 0.6 is 7.75 Å². The Kier molecular flexibility index (Phi) is 14.8. The van der Waals surface area contributed by atoms with Gasteiger partial charge in [-0.2, -0.15) is 0 Å². The quantitative estimate of drug-likeness (QED) is 0.127. The molecule has 0 aromatic heterocycles. The van der Waals surface area contributed by atoms with E-state index in [1.54, 1.807) is 12.1 Å². The number of hydrogen-bond acceptors (Lipinski definition) is 4. The highest BCUT2D eigenvalue weighted by Gasteiger charge is 2.16. The fraction of sp³-hybridized carbons (Fsp3) is 0.720. The molecular formula is C25H45N2O5P. The number of ether oxygens (including phenoxy) is 1. The summed E-state index contributed by atoms with van der Waals surface area (Å²) in [5.74, 6) is -0.435. The molecule has 0 spiro atoms. The van der Waals surface area contributed by atoms with Gasteiger partial charge in [0.1, 0.15) is 6.54 Å². The van der Waals surface area contributed by atoms with E-state index >= 15 is 0 Å². The van der Waals surface area contributed by atoms with E-state index in [0.717, 1.165) is 17.6 Å². The SMILES string of the molecule is CCCCCCCCCCCC[N+](C)(C)Cc1ccc(C(=O)OCCCNP(=O)([O-])O)cc1. The lowest BCUT2D eigenvalue weighted by Crippen LogP contribution is -2.39. The van der Waals surface area contributed by atoms with Crippen molar-refractivity contribution in [3.8, 4) is 0 Å². The minimum Gasteiger partial charge on any atom is -0.766 e. The highest BCUT2D eigenvalue weighted by molar-refractivity contribution is 7.48. The van der Waals surface area contributed by atoms with Gasteiger partial charge in [0.15, 0.2) is 0 Å². The van der Waals surface area contributed by atoms with Gasteiger partial charge in [-0.25, -0.2) is 4.79 Å². The van der Waals surface area contributed by atoms with Crippen molar-refractivity contribution in [3.05, 3.63) is 35.4 Å². The average molecular weight is 485 g/mol. The third kappa shape index (κ3) is 16.1. The smallest absolute Gasteiger partial charge is 0.338 e. The number of carbonyl (C=O) groups excluding carboxylic acids is 1. The summed E-state index contributed by atoms with van der Waals surface area (Å²) in [5, 5.41) is 1.96. The van der Waals surface area contributed by atoms with Crippen molar-refractivity contribution >= 4 is 13.7 Å². The zero-order chi connectivity index (χ0) is 24.6. The van der Waals surface area contributed by atoms with Gasteiger partial charge in [-0.05, 0) is 31.4 Å². The standard InChI is InChI=1S/C25H45N2O5P/c1-4-5-6-7-8-9-10-11-12-13-20-27(2,3)22-23-15-17-24(18-16-23)25(28)32-21-14-19-26-33(29,30)31/h15-18H,4-14,19-22H2,1-3H3,(H2-,26,29,30,31). The van der Waals surface area contributed by atoms with E-state index in [0.29, 0.717) is 12.0 Å². The maximum atomic E-state index is 12.1. The summed E-state index contributed by atoms with van der Waals surface area (Å²) in [5.41, 5.74) is 1.66. The van der Waals surface area contributed by atoms with Crippen LogP contribution in [0, 0.1) is 0 Å². The molecule has 0 radical (unpaired) electrons. The number of quaternary nitrogens is 1. The first kappa shape index (κ1) is 29.8. The predicted molar refractivity (Wildman–Crippen MR) is 132 cm³/mol. The number of carbonyl (C=O) groups is 1. The average Bonchev–Trinajstić information content (AvgIpc) is 2.74. The van der Waals surface area contributed by atoms with E-state index in [4.69, 9.17) is 9.63 Å². The Balaban J connectivity index is 2.22. The first-order chi connectivity index (χ1) is 15.6. The van der Waals surface area contributed by atoms with Crippen LogP contribution in [0.25, 0.3) is 0 Å². The fourth-order valence-electron chi connectivity index (χ4n) is 3.89. The molecule has 1 aromatic rings. The molecule has 1 rings (SSSR count). The summed E-state index contributed by atoms with van der Waals surface area (Å²) in [6.45, 7) is 4.41. The lowest BCUT2D eigenvalue weighted by Gasteiger charge is -2.30. The van der Waals surface area contributed by atoms with Crippen LogP contribution in [0.2, 0.25) is 0 Å². The van der Waals surface area contributed by atoms with Gasteiger partial charge in [-0.1, -0.05) is 70.4 Å². The van der Waals surface area contributed by atoms with Crippen molar-refractivity contribution in [1.82, 2.24) is 5.09 Å². The highest BCUT2D eigenvalue weighted by atomic mass is 31.2. The summed E-state index contributed by atoms with van der Waals surface area (Å²) in [4.78, 5) is 31.3. The largest absolute Gasteiger partial charge is 0.766 e. The molecule has 0 amide bonds. The zero-order valence-corrected chi connectivity index (χ0v) is 21.8. The van der Waals surface area contributed by atoms with Crippen LogP contribution in [0.1, 0.15) is 93.5 Å². The number of unbranched alkanes of at least 4 members (excludes halogenated alkanes) is 9. The maximum absolute atomic E-state index is 12.1. The Hall–Kier alpha value is -1.24. The number of nitrogens with zero attached hydrogens (tertiary/aromatic N) is 1. The van der Waals surface area contributed by atoms with E-state index in [2.05, 4.69) is 21.0 Å². The molecule has 0 saturated heterocycles. The number of nitrogens with one attached hydrogen (secondary N) is 1. The van der Waals surface area contributed by atoms with Crippen LogP contribution in [0.4, 0.5) is 0 Å². The summed E-state index contributed by atoms with van der Waals surface area (Å²) in [6.07, 6.45) is 13.7. The molecular weight excluding hydrogens is 439 g/mol. The zero-order valence-electron chi connectivity index (χ0n) is 20.9. The molecule has 1 atom stereocenters. The molecule has 33 heavy (non-hydrogen) atoms. The minimum absolute atomic E-state index is 0.0234. The highest BCUT2D eigenvalue weighted by Crippen LogP contribution is 2.21. The van der Waals surface area contributed by atoms with E-state index in [-0.39, 0.29) is 13.2 Å². The fourth-order valence-corrected chi connectivity index (χ4v) is 4.33. The maximum Gasteiger partial charge on any atom is 0.338 e. The van der Waals surface area contributed by atoms with Crippen LogP contribution in [-0.2, 0) is 15.8 Å². The summed E-state index contributed by atoms with van der Waals surface area (Å²) in [6, 6.07) is 7.48. The van der Waals surface area contributed by atoms with Crippen LogP contribution in [0.5, 0.6) is 0 Å². The molecule has 190 valence electrons. The topological polar surface area (TPSA) is 98.7 Å². The van der Waals surface area contributed by atoms with Crippen molar-refractivity contribution in [3.63, 3.8) is 0 Å². The Morgan fingerprint density at radius 3 is 2.06 bits per heavy atom. The van der Waals surface area contributed by atoms with E-state index in [9.17, 15) is 14.3 Å². The molecule has 0 aliphatic rings. The first-order valence-electron chi connectivity index (χ1n) is 12.5. The van der Waals surface area contributed by atoms with Crippen molar-refractivity contribution in [1.29, 1.82) is 0 Å². The van der Waals surface area contributed by atoms with Gasteiger partial charge in [-0.3, -0.25) is 9.65 Å². The second-order valence-corrected chi connectivity index (χ2v) is 11.0. The Bertz CT molecular complexity index is 703. The molecule has 0 heterocycles. The second kappa shape index (κ2) is 16.4. The number of rotatable bonds is 19. The van der Waals surface area contributed by atoms with E-state index < -0.39 is 13.7 Å². The molecule has 2 N–H and O–H groups in total. The molecule has 8 heteroatoms. The van der Waals surface area contributed by atoms with Crippen molar-refractivity contribution in [2.75, 3.05) is 33.8 Å². The van der Waals surface area contributed by atoms with Gasteiger partial charge < -0.3 is 19.0 Å². The van der Waals surface area contributed by atoms with E-state index in [1.807, 2.05) is 17.2 Å². The van der Waals surface area contributed by atoms with E-state index in [1.165, 1.54) is 69.8 Å². The summed E-state index contributed by atoms with van der Waals surface area (Å²) < 4.78 is 16.7. The number of benzene rings is 1. The Morgan fingerprint density at radius 1 is 0.970 bits per heavy atom. The first-order valence-corrected chi connectivity index (χ1v) is 14.1. The van der Waals surface area contributed by atoms with Gasteiger partial charge in [0.05, 0.1) is 32.8 Å². The molecule has 0 aliphatic carbocycles. The monoisotopic (exact) mass is 484 g/mol. The lowest BCUT2D eigenvalue weighted by molar-refractivity contribution is -0.903. The predicted octanol–water partition coefficient (Wildman–Crippen LogP) is 4.78. The number of hydrogen-bond donors (Lipinski definition) is 2. The van der Waals surface area contributed by atoms with Gasteiger partial charge >= 0.3 is 5.97 Å². The Labute approximate surface area is 200 Å². The normalized spacial score (nSPS) is 13.6. The third-order valence-corrected chi connectivity index (χ3v) is 6.41. The van der Waals surface area contributed by atoms with Crippen LogP contribution in [0.15, 0.2) is 24.3 Å². The molecule has 0 aliphatic heterocycles. The molecule has 1 aromatic carbocycles. The molecule has 0 bridgehead atoms. The van der Waals surface area contributed by atoms with Crippen molar-refractivity contribution in [2.45, 2.75) is 84.1 Å². The van der Waals surface area contributed by atoms with Crippen molar-refractivity contribution < 1.29 is 28.4 Å². The van der Waals surface area contributed by atoms with Gasteiger partial charge in [0, 0.05) is 12.1 Å². The van der Waals surface area contributed by atoms with Crippen LogP contribution in [0.3, 0.4) is 0 Å².